The first-order valence-corrected chi connectivity index (χ1v) is 5.92. The average molecular weight is 293 g/mol. The smallest absolute Gasteiger partial charge is 0.345 e. The Morgan fingerprint density at radius 1 is 1.29 bits per heavy atom. The molecule has 2 N–H and O–H groups in total. The van der Waals surface area contributed by atoms with Gasteiger partial charge in [-0.3, -0.25) is 4.79 Å². The molecule has 0 fully saturated rings. The van der Waals surface area contributed by atoms with Crippen LogP contribution in [0.15, 0.2) is 10.9 Å². The number of methoxy groups -OCH3 is 2. The van der Waals surface area contributed by atoms with Gasteiger partial charge in [-0.25, -0.2) is 4.79 Å². The summed E-state index contributed by atoms with van der Waals surface area (Å²) in [7, 11) is 2.70. The number of carbonyl (C=O) groups is 1. The molecule has 0 amide bonds. The van der Waals surface area contributed by atoms with Crippen molar-refractivity contribution >= 4 is 16.9 Å². The SMILES string of the molecule is COc1c(C(=O)O)c(=O)[nH]c2c(OC)c3c(cc12)OCO3. The monoisotopic (exact) mass is 293 g/mol. The Morgan fingerprint density at radius 2 is 2.00 bits per heavy atom. The van der Waals surface area contributed by atoms with E-state index in [-0.39, 0.29) is 23.8 Å². The van der Waals surface area contributed by atoms with Crippen LogP contribution < -0.4 is 24.5 Å². The van der Waals surface area contributed by atoms with E-state index in [0.717, 1.165) is 0 Å². The number of hydrogen-bond donors (Lipinski definition) is 2. The predicted octanol–water partition coefficient (Wildman–Crippen LogP) is 0.972. The second kappa shape index (κ2) is 4.58. The molecule has 1 aromatic heterocycles. The molecular formula is C13H11NO7. The van der Waals surface area contributed by atoms with Gasteiger partial charge >= 0.3 is 5.97 Å². The fourth-order valence-electron chi connectivity index (χ4n) is 2.33. The molecule has 110 valence electrons. The molecule has 3 rings (SSSR count). The molecule has 0 atom stereocenters. The number of ether oxygens (including phenoxy) is 4. The average Bonchev–Trinajstić information content (AvgIpc) is 2.91. The topological polar surface area (TPSA) is 107 Å². The first kappa shape index (κ1) is 13.1. The molecule has 21 heavy (non-hydrogen) atoms. The van der Waals surface area contributed by atoms with Gasteiger partial charge < -0.3 is 29.0 Å². The summed E-state index contributed by atoms with van der Waals surface area (Å²) >= 11 is 0. The highest BCUT2D eigenvalue weighted by Crippen LogP contribution is 2.47. The van der Waals surface area contributed by atoms with Gasteiger partial charge in [0.1, 0.15) is 5.75 Å². The molecule has 2 heterocycles. The second-order valence-corrected chi connectivity index (χ2v) is 4.23. The maximum absolute atomic E-state index is 12.0. The molecule has 1 aliphatic heterocycles. The maximum Gasteiger partial charge on any atom is 0.345 e. The Kier molecular flexibility index (Phi) is 2.86. The van der Waals surface area contributed by atoms with Crippen LogP contribution in [0.2, 0.25) is 0 Å². The van der Waals surface area contributed by atoms with Crippen molar-refractivity contribution in [2.24, 2.45) is 0 Å². The third-order valence-electron chi connectivity index (χ3n) is 3.18. The Morgan fingerprint density at radius 3 is 2.62 bits per heavy atom. The Hall–Kier alpha value is -2.90. The molecule has 1 aliphatic rings. The lowest BCUT2D eigenvalue weighted by Gasteiger charge is -2.12. The highest BCUT2D eigenvalue weighted by Gasteiger charge is 2.27. The second-order valence-electron chi connectivity index (χ2n) is 4.23. The minimum Gasteiger partial charge on any atom is -0.495 e. The van der Waals surface area contributed by atoms with Gasteiger partial charge in [0.25, 0.3) is 5.56 Å². The number of carboxylic acid groups (broad SMARTS) is 1. The lowest BCUT2D eigenvalue weighted by atomic mass is 10.1. The summed E-state index contributed by atoms with van der Waals surface area (Å²) in [4.78, 5) is 25.7. The van der Waals surface area contributed by atoms with Crippen LogP contribution in [0.3, 0.4) is 0 Å². The highest BCUT2D eigenvalue weighted by molar-refractivity contribution is 6.02. The van der Waals surface area contributed by atoms with Crippen molar-refractivity contribution in [1.29, 1.82) is 0 Å². The number of nitrogens with one attached hydrogen (secondary N) is 1. The number of fused-ring (bicyclic) bond motifs is 2. The Balaban J connectivity index is 2.50. The molecule has 0 spiro atoms. The molecule has 0 aliphatic carbocycles. The molecular weight excluding hydrogens is 282 g/mol. The Bertz CT molecular complexity index is 808. The number of aromatic nitrogens is 1. The lowest BCUT2D eigenvalue weighted by Crippen LogP contribution is -2.19. The molecule has 8 heteroatoms. The summed E-state index contributed by atoms with van der Waals surface area (Å²) < 4.78 is 20.9. The minimum atomic E-state index is -1.38. The number of aromatic carboxylic acids is 1. The van der Waals surface area contributed by atoms with Crippen molar-refractivity contribution in [2.75, 3.05) is 21.0 Å². The van der Waals surface area contributed by atoms with Crippen LogP contribution in [-0.2, 0) is 0 Å². The number of carboxylic acids is 1. The largest absolute Gasteiger partial charge is 0.495 e. The third-order valence-corrected chi connectivity index (χ3v) is 3.18. The maximum atomic E-state index is 12.0. The molecule has 8 nitrogen and oxygen atoms in total. The van der Waals surface area contributed by atoms with Crippen LogP contribution >= 0.6 is 0 Å². The van der Waals surface area contributed by atoms with Crippen LogP contribution in [-0.4, -0.2) is 37.1 Å². The number of rotatable bonds is 3. The standard InChI is InChI=1S/C13H11NO7/c1-18-9-5-3-6-10(21-4-20-6)11(19-2)8(5)14-12(15)7(9)13(16)17/h3H,4H2,1-2H3,(H,14,15)(H,16,17). The molecule has 0 bridgehead atoms. The van der Waals surface area contributed by atoms with Gasteiger partial charge in [-0.15, -0.1) is 0 Å². The van der Waals surface area contributed by atoms with Gasteiger partial charge in [-0.2, -0.15) is 0 Å². The quantitative estimate of drug-likeness (QED) is 0.868. The van der Waals surface area contributed by atoms with Crippen molar-refractivity contribution in [3.05, 3.63) is 22.0 Å². The molecule has 0 saturated carbocycles. The predicted molar refractivity (Wildman–Crippen MR) is 70.8 cm³/mol. The van der Waals surface area contributed by atoms with E-state index >= 15 is 0 Å². The molecule has 0 saturated heterocycles. The van der Waals surface area contributed by atoms with Crippen LogP contribution in [0.4, 0.5) is 0 Å². The summed E-state index contributed by atoms with van der Waals surface area (Å²) in [6, 6.07) is 1.54. The number of hydrogen-bond acceptors (Lipinski definition) is 6. The number of H-pyrrole nitrogens is 1. The van der Waals surface area contributed by atoms with E-state index in [1.807, 2.05) is 0 Å². The fourth-order valence-corrected chi connectivity index (χ4v) is 2.33. The fraction of sp³-hybridized carbons (Fsp3) is 0.231. The van der Waals surface area contributed by atoms with Crippen molar-refractivity contribution < 1.29 is 28.8 Å². The summed E-state index contributed by atoms with van der Waals surface area (Å²) in [5, 5.41) is 9.53. The van der Waals surface area contributed by atoms with Gasteiger partial charge in [0.15, 0.2) is 17.1 Å². The first-order valence-electron chi connectivity index (χ1n) is 5.92. The van der Waals surface area contributed by atoms with Gasteiger partial charge in [0, 0.05) is 5.39 Å². The number of aromatic amines is 1. The van der Waals surface area contributed by atoms with E-state index < -0.39 is 17.1 Å². The first-order chi connectivity index (χ1) is 10.1. The third kappa shape index (κ3) is 1.76. The lowest BCUT2D eigenvalue weighted by molar-refractivity contribution is 0.0691. The van der Waals surface area contributed by atoms with Crippen LogP contribution in [0, 0.1) is 0 Å². The molecule has 2 aromatic rings. The van der Waals surface area contributed by atoms with Crippen molar-refractivity contribution in [2.45, 2.75) is 0 Å². The zero-order chi connectivity index (χ0) is 15.1. The van der Waals surface area contributed by atoms with E-state index in [9.17, 15) is 9.59 Å². The molecule has 1 aromatic carbocycles. The van der Waals surface area contributed by atoms with Gasteiger partial charge in [-0.05, 0) is 6.07 Å². The normalized spacial score (nSPS) is 12.5. The van der Waals surface area contributed by atoms with E-state index in [2.05, 4.69) is 4.98 Å². The van der Waals surface area contributed by atoms with E-state index in [0.29, 0.717) is 16.9 Å². The zero-order valence-electron chi connectivity index (χ0n) is 11.2. The van der Waals surface area contributed by atoms with E-state index in [1.165, 1.54) is 14.2 Å². The summed E-state index contributed by atoms with van der Waals surface area (Å²) in [6.45, 7) is 0.0142. The van der Waals surface area contributed by atoms with Crippen LogP contribution in [0.25, 0.3) is 10.9 Å². The van der Waals surface area contributed by atoms with E-state index in [4.69, 9.17) is 24.1 Å². The molecule has 0 unspecified atom stereocenters. The van der Waals surface area contributed by atoms with Crippen LogP contribution in [0.5, 0.6) is 23.0 Å². The summed E-state index contributed by atoms with van der Waals surface area (Å²) in [5.74, 6) is -0.441. The molecule has 0 radical (unpaired) electrons. The minimum absolute atomic E-state index is 0.0142. The van der Waals surface area contributed by atoms with Crippen molar-refractivity contribution in [3.63, 3.8) is 0 Å². The van der Waals surface area contributed by atoms with Gasteiger partial charge in [-0.1, -0.05) is 0 Å². The van der Waals surface area contributed by atoms with Crippen molar-refractivity contribution in [3.8, 4) is 23.0 Å². The zero-order valence-corrected chi connectivity index (χ0v) is 11.2. The van der Waals surface area contributed by atoms with E-state index in [1.54, 1.807) is 6.07 Å². The highest BCUT2D eigenvalue weighted by atomic mass is 16.7. The summed E-state index contributed by atoms with van der Waals surface area (Å²) in [5.41, 5.74) is -0.983. The van der Waals surface area contributed by atoms with Crippen LogP contribution in [0.1, 0.15) is 10.4 Å². The number of pyridine rings is 1. The Labute approximate surface area is 117 Å². The number of benzene rings is 1. The van der Waals surface area contributed by atoms with Gasteiger partial charge in [0.05, 0.1) is 19.7 Å². The summed E-state index contributed by atoms with van der Waals surface area (Å²) in [6.07, 6.45) is 0. The van der Waals surface area contributed by atoms with Gasteiger partial charge in [0.2, 0.25) is 12.5 Å². The van der Waals surface area contributed by atoms with Crippen molar-refractivity contribution in [1.82, 2.24) is 4.98 Å².